The molecule has 27 heavy (non-hydrogen) atoms. The summed E-state index contributed by atoms with van der Waals surface area (Å²) in [5, 5.41) is 2.75. The fraction of sp³-hybridized carbons (Fsp3) is 0.316. The summed E-state index contributed by atoms with van der Waals surface area (Å²) in [4.78, 5) is 47.5. The summed E-state index contributed by atoms with van der Waals surface area (Å²) in [7, 11) is 0. The molecule has 0 unspecified atom stereocenters. The topological polar surface area (TPSA) is 95.5 Å². The fourth-order valence-electron chi connectivity index (χ4n) is 2.91. The molecule has 1 saturated heterocycles. The van der Waals surface area contributed by atoms with E-state index >= 15 is 0 Å². The molecule has 2 amide bonds. The maximum absolute atomic E-state index is 12.5. The maximum Gasteiger partial charge on any atom is 0.274 e. The van der Waals surface area contributed by atoms with Crippen LogP contribution in [0, 0.1) is 0 Å². The summed E-state index contributed by atoms with van der Waals surface area (Å²) in [6.45, 7) is 5.58. The van der Waals surface area contributed by atoms with Crippen LogP contribution in [0.15, 0.2) is 36.7 Å². The molecule has 1 fully saturated rings. The third kappa shape index (κ3) is 4.46. The summed E-state index contributed by atoms with van der Waals surface area (Å²) in [6.07, 6.45) is 1.35. The summed E-state index contributed by atoms with van der Waals surface area (Å²) < 4.78 is 0. The number of piperazine rings is 1. The Morgan fingerprint density at radius 3 is 2.41 bits per heavy atom. The van der Waals surface area contributed by atoms with E-state index in [9.17, 15) is 14.4 Å². The number of benzene rings is 1. The molecule has 1 aliphatic rings. The third-order valence-electron chi connectivity index (χ3n) is 4.46. The van der Waals surface area contributed by atoms with Crippen molar-refractivity contribution < 1.29 is 14.4 Å². The Kier molecular flexibility index (Phi) is 5.44. The number of nitrogens with zero attached hydrogens (tertiary/aromatic N) is 4. The highest BCUT2D eigenvalue weighted by atomic mass is 16.2. The van der Waals surface area contributed by atoms with Crippen LogP contribution in [-0.2, 0) is 4.79 Å². The van der Waals surface area contributed by atoms with Gasteiger partial charge >= 0.3 is 0 Å². The Hall–Kier alpha value is -3.29. The van der Waals surface area contributed by atoms with Gasteiger partial charge in [0.05, 0.1) is 0 Å². The highest BCUT2D eigenvalue weighted by Crippen LogP contribution is 2.16. The second-order valence-corrected chi connectivity index (χ2v) is 6.35. The molecule has 8 nitrogen and oxygen atoms in total. The third-order valence-corrected chi connectivity index (χ3v) is 4.46. The molecular formula is C19H21N5O3. The molecule has 0 saturated carbocycles. The Bertz CT molecular complexity index is 875. The Labute approximate surface area is 157 Å². The number of ketones is 1. The second kappa shape index (κ2) is 7.94. The molecule has 0 radical (unpaired) electrons. The van der Waals surface area contributed by atoms with Gasteiger partial charge in [-0.2, -0.15) is 0 Å². The zero-order valence-corrected chi connectivity index (χ0v) is 15.3. The van der Waals surface area contributed by atoms with Crippen LogP contribution in [0.3, 0.4) is 0 Å². The van der Waals surface area contributed by atoms with Crippen LogP contribution in [0.25, 0.3) is 0 Å². The van der Waals surface area contributed by atoms with Crippen LogP contribution in [0.4, 0.5) is 11.5 Å². The van der Waals surface area contributed by atoms with E-state index in [4.69, 9.17) is 0 Å². The number of rotatable bonds is 4. The van der Waals surface area contributed by atoms with Crippen LogP contribution in [0.5, 0.6) is 0 Å². The summed E-state index contributed by atoms with van der Waals surface area (Å²) in [5.74, 6) is 0.267. The molecule has 0 bridgehead atoms. The molecule has 1 aromatic carbocycles. The lowest BCUT2D eigenvalue weighted by molar-refractivity contribution is -0.129. The van der Waals surface area contributed by atoms with Gasteiger partial charge in [0.1, 0.15) is 17.8 Å². The van der Waals surface area contributed by atoms with Crippen molar-refractivity contribution in [3.63, 3.8) is 0 Å². The van der Waals surface area contributed by atoms with Crippen molar-refractivity contribution in [2.75, 3.05) is 36.4 Å². The number of carbonyl (C=O) groups is 3. The normalized spacial score (nSPS) is 14.0. The van der Waals surface area contributed by atoms with E-state index in [1.165, 1.54) is 13.3 Å². The average molecular weight is 367 g/mol. The van der Waals surface area contributed by atoms with E-state index in [0.717, 1.165) is 0 Å². The molecule has 0 atom stereocenters. The van der Waals surface area contributed by atoms with Crippen LogP contribution < -0.4 is 10.2 Å². The maximum atomic E-state index is 12.5. The van der Waals surface area contributed by atoms with E-state index in [-0.39, 0.29) is 23.3 Å². The molecule has 140 valence electrons. The first kappa shape index (κ1) is 18.5. The first-order valence-corrected chi connectivity index (χ1v) is 8.69. The lowest BCUT2D eigenvalue weighted by atomic mass is 10.1. The van der Waals surface area contributed by atoms with Gasteiger partial charge in [0, 0.05) is 50.4 Å². The van der Waals surface area contributed by atoms with Gasteiger partial charge in [-0.3, -0.25) is 14.4 Å². The number of nitrogens with one attached hydrogen (secondary N) is 1. The molecule has 2 heterocycles. The van der Waals surface area contributed by atoms with E-state index < -0.39 is 0 Å². The van der Waals surface area contributed by atoms with Crippen molar-refractivity contribution >= 4 is 29.1 Å². The molecule has 0 spiro atoms. The zero-order valence-electron chi connectivity index (χ0n) is 15.3. The molecule has 8 heteroatoms. The van der Waals surface area contributed by atoms with Gasteiger partial charge in [-0.05, 0) is 19.1 Å². The largest absolute Gasteiger partial charge is 0.353 e. The van der Waals surface area contributed by atoms with E-state index in [2.05, 4.69) is 15.3 Å². The van der Waals surface area contributed by atoms with Crippen LogP contribution in [-0.4, -0.2) is 58.6 Å². The monoisotopic (exact) mass is 367 g/mol. The van der Waals surface area contributed by atoms with Gasteiger partial charge in [0.15, 0.2) is 5.78 Å². The molecule has 1 N–H and O–H groups in total. The fourth-order valence-corrected chi connectivity index (χ4v) is 2.91. The number of carbonyl (C=O) groups excluding carboxylic acids is 3. The van der Waals surface area contributed by atoms with Crippen LogP contribution >= 0.6 is 0 Å². The van der Waals surface area contributed by atoms with E-state index in [1.807, 2.05) is 4.90 Å². The minimum absolute atomic E-state index is 0.0604. The van der Waals surface area contributed by atoms with Gasteiger partial charge in [-0.1, -0.05) is 12.1 Å². The molecule has 2 aromatic rings. The quantitative estimate of drug-likeness (QED) is 0.825. The van der Waals surface area contributed by atoms with Gasteiger partial charge < -0.3 is 15.1 Å². The van der Waals surface area contributed by atoms with Crippen molar-refractivity contribution in [3.05, 3.63) is 47.9 Å². The number of hydrogen-bond acceptors (Lipinski definition) is 6. The van der Waals surface area contributed by atoms with Crippen molar-refractivity contribution in [3.8, 4) is 0 Å². The summed E-state index contributed by atoms with van der Waals surface area (Å²) in [5.41, 5.74) is 1.30. The highest BCUT2D eigenvalue weighted by Gasteiger charge is 2.20. The number of hydrogen-bond donors (Lipinski definition) is 1. The van der Waals surface area contributed by atoms with Gasteiger partial charge in [0.25, 0.3) is 5.91 Å². The number of aromatic nitrogens is 2. The Morgan fingerprint density at radius 1 is 1.00 bits per heavy atom. The van der Waals surface area contributed by atoms with Crippen molar-refractivity contribution in [1.29, 1.82) is 0 Å². The van der Waals surface area contributed by atoms with Gasteiger partial charge in [-0.15, -0.1) is 0 Å². The highest BCUT2D eigenvalue weighted by molar-refractivity contribution is 6.04. The van der Waals surface area contributed by atoms with Crippen molar-refractivity contribution in [2.45, 2.75) is 13.8 Å². The Morgan fingerprint density at radius 2 is 1.74 bits per heavy atom. The molecule has 1 aromatic heterocycles. The number of Topliss-reactive ketones (excluding diaryl/α,β-unsaturated/α-hetero) is 1. The zero-order chi connectivity index (χ0) is 19.4. The lowest BCUT2D eigenvalue weighted by Crippen LogP contribution is -2.48. The summed E-state index contributed by atoms with van der Waals surface area (Å²) in [6, 6.07) is 8.39. The van der Waals surface area contributed by atoms with Gasteiger partial charge in [0.2, 0.25) is 5.91 Å². The first-order chi connectivity index (χ1) is 12.9. The van der Waals surface area contributed by atoms with E-state index in [1.54, 1.807) is 42.2 Å². The number of anilines is 2. The minimum Gasteiger partial charge on any atom is -0.353 e. The number of amides is 2. The predicted octanol–water partition coefficient (Wildman–Crippen LogP) is 1.60. The van der Waals surface area contributed by atoms with Gasteiger partial charge in [-0.25, -0.2) is 9.97 Å². The first-order valence-electron chi connectivity index (χ1n) is 8.69. The van der Waals surface area contributed by atoms with Crippen molar-refractivity contribution in [2.24, 2.45) is 0 Å². The molecule has 3 rings (SSSR count). The standard InChI is InChI=1S/C19H21N5O3/c1-13(25)15-4-3-5-16(10-15)22-19(27)17-11-18(21-12-20-17)24-8-6-23(7-9-24)14(2)26/h3-5,10-12H,6-9H2,1-2H3,(H,22,27). The predicted molar refractivity (Wildman–Crippen MR) is 101 cm³/mol. The van der Waals surface area contributed by atoms with Crippen LogP contribution in [0.2, 0.25) is 0 Å². The molecule has 0 aliphatic carbocycles. The van der Waals surface area contributed by atoms with E-state index in [0.29, 0.717) is 43.2 Å². The van der Waals surface area contributed by atoms with Crippen molar-refractivity contribution in [1.82, 2.24) is 14.9 Å². The minimum atomic E-state index is -0.373. The second-order valence-electron chi connectivity index (χ2n) is 6.35. The molecular weight excluding hydrogens is 346 g/mol. The SMILES string of the molecule is CC(=O)c1cccc(NC(=O)c2cc(N3CCN(C(C)=O)CC3)ncn2)c1. The smallest absolute Gasteiger partial charge is 0.274 e. The molecule has 1 aliphatic heterocycles. The lowest BCUT2D eigenvalue weighted by Gasteiger charge is -2.34. The summed E-state index contributed by atoms with van der Waals surface area (Å²) >= 11 is 0. The van der Waals surface area contributed by atoms with Crippen LogP contribution in [0.1, 0.15) is 34.7 Å². The average Bonchev–Trinajstić information content (AvgIpc) is 2.68. The Balaban J connectivity index is 1.70.